The first-order valence-corrected chi connectivity index (χ1v) is 9.00. The van der Waals surface area contributed by atoms with Crippen LogP contribution in [-0.2, 0) is 9.59 Å². The van der Waals surface area contributed by atoms with Crippen LogP contribution in [0.15, 0.2) is 57.5 Å². The summed E-state index contributed by atoms with van der Waals surface area (Å²) in [4.78, 5) is 23.5. The molecule has 0 heterocycles. The predicted octanol–water partition coefficient (Wildman–Crippen LogP) is 4.27. The second-order valence-corrected chi connectivity index (χ2v) is 7.29. The second-order valence-electron chi connectivity index (χ2n) is 5.46. The van der Waals surface area contributed by atoms with Crippen LogP contribution in [0.1, 0.15) is 37.1 Å². The molecule has 0 fully saturated rings. The molecule has 0 radical (unpaired) electrons. The Labute approximate surface area is 158 Å². The number of hydrogen-bond donors (Lipinski definition) is 2. The minimum atomic E-state index is -0.374. The minimum Gasteiger partial charge on any atom is -0.347 e. The summed E-state index contributed by atoms with van der Waals surface area (Å²) in [5.74, 6) is -0.314. The smallest absolute Gasteiger partial charge is 0.217 e. The molecular weight excluding hydrogens is 436 g/mol. The maximum atomic E-state index is 11.7. The third-order valence-corrected chi connectivity index (χ3v) is 4.57. The van der Waals surface area contributed by atoms with Gasteiger partial charge in [0, 0.05) is 22.8 Å². The predicted molar refractivity (Wildman–Crippen MR) is 101 cm³/mol. The normalized spacial score (nSPS) is 13.0. The van der Waals surface area contributed by atoms with Crippen LogP contribution in [-0.4, -0.2) is 11.8 Å². The molecule has 2 amide bonds. The van der Waals surface area contributed by atoms with Gasteiger partial charge in [0.05, 0.1) is 12.1 Å². The average molecular weight is 454 g/mol. The Morgan fingerprint density at radius 3 is 1.25 bits per heavy atom. The fraction of sp³-hybridized carbons (Fsp3) is 0.222. The lowest BCUT2D eigenvalue weighted by atomic mass is 9.93. The zero-order chi connectivity index (χ0) is 17.7. The van der Waals surface area contributed by atoms with Crippen molar-refractivity contribution >= 4 is 43.7 Å². The molecule has 2 N–H and O–H groups in total. The van der Waals surface area contributed by atoms with Crippen LogP contribution >= 0.6 is 31.9 Å². The highest BCUT2D eigenvalue weighted by Crippen LogP contribution is 2.30. The van der Waals surface area contributed by atoms with Gasteiger partial charge in [-0.15, -0.1) is 0 Å². The van der Waals surface area contributed by atoms with E-state index in [2.05, 4.69) is 42.5 Å². The van der Waals surface area contributed by atoms with Gasteiger partial charge in [-0.25, -0.2) is 0 Å². The Morgan fingerprint density at radius 1 is 0.708 bits per heavy atom. The number of rotatable bonds is 5. The summed E-state index contributed by atoms with van der Waals surface area (Å²) in [6.45, 7) is 2.94. The largest absolute Gasteiger partial charge is 0.347 e. The van der Waals surface area contributed by atoms with Crippen molar-refractivity contribution in [2.75, 3.05) is 0 Å². The van der Waals surface area contributed by atoms with Crippen molar-refractivity contribution in [3.05, 3.63) is 68.6 Å². The van der Waals surface area contributed by atoms with Crippen molar-refractivity contribution in [3.8, 4) is 0 Å². The van der Waals surface area contributed by atoms with E-state index in [1.54, 1.807) is 0 Å². The highest BCUT2D eigenvalue weighted by atomic mass is 79.9. The number of halogens is 2. The fourth-order valence-electron chi connectivity index (χ4n) is 2.50. The highest BCUT2D eigenvalue weighted by molar-refractivity contribution is 9.10. The maximum Gasteiger partial charge on any atom is 0.217 e. The Hall–Kier alpha value is -1.66. The Bertz CT molecular complexity index is 651. The molecule has 0 saturated carbocycles. The lowest BCUT2D eigenvalue weighted by Crippen LogP contribution is -2.39. The molecule has 6 heteroatoms. The molecule has 0 saturated heterocycles. The Kier molecular flexibility index (Phi) is 6.57. The number of amides is 2. The summed E-state index contributed by atoms with van der Waals surface area (Å²) in [5.41, 5.74) is 1.82. The third-order valence-electron chi connectivity index (χ3n) is 3.51. The highest BCUT2D eigenvalue weighted by Gasteiger charge is 2.26. The molecule has 0 unspecified atom stereocenters. The van der Waals surface area contributed by atoms with Gasteiger partial charge >= 0.3 is 0 Å². The van der Waals surface area contributed by atoms with E-state index in [9.17, 15) is 9.59 Å². The van der Waals surface area contributed by atoms with Gasteiger partial charge in [0.2, 0.25) is 11.8 Å². The lowest BCUT2D eigenvalue weighted by molar-refractivity contribution is -0.122. The molecule has 0 aliphatic rings. The van der Waals surface area contributed by atoms with Gasteiger partial charge in [0.15, 0.2) is 0 Å². The molecule has 0 bridgehead atoms. The molecule has 2 atom stereocenters. The van der Waals surface area contributed by atoms with Crippen molar-refractivity contribution in [1.82, 2.24) is 10.6 Å². The lowest BCUT2D eigenvalue weighted by Gasteiger charge is -2.29. The molecule has 24 heavy (non-hydrogen) atoms. The molecule has 0 aliphatic carbocycles. The van der Waals surface area contributed by atoms with Crippen molar-refractivity contribution in [1.29, 1.82) is 0 Å². The van der Waals surface area contributed by atoms with E-state index in [-0.39, 0.29) is 23.9 Å². The van der Waals surface area contributed by atoms with Crippen LogP contribution in [0.3, 0.4) is 0 Å². The zero-order valence-electron chi connectivity index (χ0n) is 13.3. The molecule has 2 aromatic carbocycles. The van der Waals surface area contributed by atoms with E-state index in [1.165, 1.54) is 13.8 Å². The molecule has 0 spiro atoms. The molecule has 126 valence electrons. The van der Waals surface area contributed by atoms with Crippen LogP contribution in [0, 0.1) is 0 Å². The number of carbonyl (C=O) groups is 2. The van der Waals surface area contributed by atoms with E-state index in [1.807, 2.05) is 48.5 Å². The van der Waals surface area contributed by atoms with Gasteiger partial charge in [-0.3, -0.25) is 9.59 Å². The fourth-order valence-corrected chi connectivity index (χ4v) is 3.03. The SMILES string of the molecule is CC(=O)N[C@@H](c1ccc(Br)cc1)[C@@H](NC(C)=O)c1ccc(Br)cc1. The first-order valence-electron chi connectivity index (χ1n) is 7.42. The maximum absolute atomic E-state index is 11.7. The van der Waals surface area contributed by atoms with Gasteiger partial charge in [-0.1, -0.05) is 56.1 Å². The third kappa shape index (κ3) is 5.18. The summed E-state index contributed by atoms with van der Waals surface area (Å²) < 4.78 is 1.90. The van der Waals surface area contributed by atoms with E-state index < -0.39 is 0 Å². The van der Waals surface area contributed by atoms with Crippen molar-refractivity contribution < 1.29 is 9.59 Å². The molecule has 2 aromatic rings. The molecule has 2 rings (SSSR count). The number of hydrogen-bond acceptors (Lipinski definition) is 2. The van der Waals surface area contributed by atoms with Gasteiger partial charge in [0.25, 0.3) is 0 Å². The van der Waals surface area contributed by atoms with Crippen molar-refractivity contribution in [2.24, 2.45) is 0 Å². The van der Waals surface area contributed by atoms with E-state index in [0.717, 1.165) is 20.1 Å². The van der Waals surface area contributed by atoms with Crippen LogP contribution in [0.2, 0.25) is 0 Å². The van der Waals surface area contributed by atoms with Crippen molar-refractivity contribution in [3.63, 3.8) is 0 Å². The first-order chi connectivity index (χ1) is 11.4. The van der Waals surface area contributed by atoms with Crippen LogP contribution < -0.4 is 10.6 Å². The monoisotopic (exact) mass is 452 g/mol. The average Bonchev–Trinajstić information content (AvgIpc) is 2.52. The molecular formula is C18H18Br2N2O2. The number of carbonyl (C=O) groups excluding carboxylic acids is 2. The van der Waals surface area contributed by atoms with Crippen molar-refractivity contribution in [2.45, 2.75) is 25.9 Å². The number of nitrogens with one attached hydrogen (secondary N) is 2. The number of benzene rings is 2. The van der Waals surface area contributed by atoms with Gasteiger partial charge in [0.1, 0.15) is 0 Å². The van der Waals surface area contributed by atoms with Gasteiger partial charge in [-0.2, -0.15) is 0 Å². The minimum absolute atomic E-state index is 0.157. The van der Waals surface area contributed by atoms with E-state index in [4.69, 9.17) is 0 Å². The van der Waals surface area contributed by atoms with Crippen LogP contribution in [0.5, 0.6) is 0 Å². The second kappa shape index (κ2) is 8.44. The van der Waals surface area contributed by atoms with Crippen LogP contribution in [0.4, 0.5) is 0 Å². The summed E-state index contributed by atoms with van der Waals surface area (Å²) in [5, 5.41) is 5.91. The Morgan fingerprint density at radius 2 is 1.00 bits per heavy atom. The van der Waals surface area contributed by atoms with E-state index >= 15 is 0 Å². The Balaban J connectivity index is 2.46. The molecule has 0 aliphatic heterocycles. The van der Waals surface area contributed by atoms with Gasteiger partial charge < -0.3 is 10.6 Å². The standard InChI is InChI=1S/C18H18Br2N2O2/c1-11(23)21-17(13-3-7-15(19)8-4-13)18(22-12(2)24)14-5-9-16(20)10-6-14/h3-10,17-18H,1-2H3,(H,21,23)(H,22,24)/t17-,18-/m0/s1. The topological polar surface area (TPSA) is 58.2 Å². The summed E-state index contributed by atoms with van der Waals surface area (Å²) in [7, 11) is 0. The van der Waals surface area contributed by atoms with E-state index in [0.29, 0.717) is 0 Å². The summed E-state index contributed by atoms with van der Waals surface area (Å²) >= 11 is 6.83. The quantitative estimate of drug-likeness (QED) is 0.710. The first kappa shape index (κ1) is 18.7. The molecule has 4 nitrogen and oxygen atoms in total. The summed E-state index contributed by atoms with van der Waals surface area (Å²) in [6.07, 6.45) is 0. The molecule has 0 aromatic heterocycles. The summed E-state index contributed by atoms with van der Waals surface area (Å²) in [6, 6.07) is 14.6. The van der Waals surface area contributed by atoms with Crippen LogP contribution in [0.25, 0.3) is 0 Å². The van der Waals surface area contributed by atoms with Gasteiger partial charge in [-0.05, 0) is 35.4 Å². The zero-order valence-corrected chi connectivity index (χ0v) is 16.5.